The van der Waals surface area contributed by atoms with Gasteiger partial charge in [0.05, 0.1) is 10.6 Å². The minimum atomic E-state index is -3.79. The third-order valence-corrected chi connectivity index (χ3v) is 5.98. The molecule has 2 amide bonds. The van der Waals surface area contributed by atoms with Crippen molar-refractivity contribution in [3.63, 3.8) is 0 Å². The second-order valence-corrected chi connectivity index (χ2v) is 8.80. The van der Waals surface area contributed by atoms with Gasteiger partial charge in [0.1, 0.15) is 0 Å². The topological polar surface area (TPSA) is 104 Å². The average molecular weight is 438 g/mol. The lowest BCUT2D eigenvalue weighted by molar-refractivity contribution is -0.114. The van der Waals surface area contributed by atoms with E-state index in [1.807, 2.05) is 6.92 Å². The number of hydrogen-bond acceptors (Lipinski definition) is 4. The predicted octanol–water partition coefficient (Wildman–Crippen LogP) is 4.31. The second-order valence-electron chi connectivity index (χ2n) is 7.11. The van der Waals surface area contributed by atoms with Crippen molar-refractivity contribution < 1.29 is 18.0 Å². The fraction of sp³-hybridized carbons (Fsp3) is 0.130. The highest BCUT2D eigenvalue weighted by Crippen LogP contribution is 2.24. The number of hydrogen-bond donors (Lipinski definition) is 3. The van der Waals surface area contributed by atoms with Crippen LogP contribution in [0.1, 0.15) is 28.4 Å². The third-order valence-electron chi connectivity index (χ3n) is 4.59. The van der Waals surface area contributed by atoms with Gasteiger partial charge in [-0.15, -0.1) is 0 Å². The van der Waals surface area contributed by atoms with Crippen LogP contribution in [0.15, 0.2) is 71.6 Å². The maximum absolute atomic E-state index is 12.8. The van der Waals surface area contributed by atoms with Gasteiger partial charge in [0.2, 0.25) is 5.91 Å². The van der Waals surface area contributed by atoms with E-state index < -0.39 is 15.9 Å². The van der Waals surface area contributed by atoms with Crippen LogP contribution in [0.2, 0.25) is 0 Å². The molecule has 0 aliphatic carbocycles. The number of sulfonamides is 1. The Labute approximate surface area is 181 Å². The Bertz CT molecular complexity index is 1240. The Morgan fingerprint density at radius 3 is 2.06 bits per heavy atom. The molecule has 0 atom stereocenters. The number of amides is 2. The number of rotatable bonds is 6. The van der Waals surface area contributed by atoms with Gasteiger partial charge in [0.15, 0.2) is 0 Å². The van der Waals surface area contributed by atoms with E-state index in [0.29, 0.717) is 28.2 Å². The van der Waals surface area contributed by atoms with E-state index >= 15 is 0 Å². The maximum Gasteiger partial charge on any atom is 0.261 e. The minimum absolute atomic E-state index is 0.141. The molecule has 0 heterocycles. The summed E-state index contributed by atoms with van der Waals surface area (Å²) in [4.78, 5) is 24.2. The van der Waals surface area contributed by atoms with Gasteiger partial charge >= 0.3 is 0 Å². The number of carbonyl (C=O) groups is 2. The average Bonchev–Trinajstić information content (AvgIpc) is 2.69. The fourth-order valence-corrected chi connectivity index (χ4v) is 4.11. The molecule has 3 N–H and O–H groups in total. The van der Waals surface area contributed by atoms with Crippen LogP contribution >= 0.6 is 0 Å². The summed E-state index contributed by atoms with van der Waals surface area (Å²) in [5, 5.41) is 5.43. The minimum Gasteiger partial charge on any atom is -0.326 e. The van der Waals surface area contributed by atoms with E-state index in [-0.39, 0.29) is 10.8 Å². The van der Waals surface area contributed by atoms with Crippen molar-refractivity contribution >= 4 is 38.9 Å². The molecular formula is C23H23N3O4S. The summed E-state index contributed by atoms with van der Waals surface area (Å²) >= 11 is 0. The molecule has 0 spiro atoms. The van der Waals surface area contributed by atoms with E-state index in [4.69, 9.17) is 0 Å². The third kappa shape index (κ3) is 5.49. The van der Waals surface area contributed by atoms with Gasteiger partial charge in [-0.05, 0) is 61.9 Å². The molecule has 3 aromatic rings. The van der Waals surface area contributed by atoms with Crippen molar-refractivity contribution in [1.29, 1.82) is 0 Å². The van der Waals surface area contributed by atoms with Crippen LogP contribution in [-0.4, -0.2) is 20.2 Å². The molecule has 0 aliphatic heterocycles. The summed E-state index contributed by atoms with van der Waals surface area (Å²) in [6.45, 7) is 4.95. The summed E-state index contributed by atoms with van der Waals surface area (Å²) in [6.07, 6.45) is 0. The van der Waals surface area contributed by atoms with E-state index in [1.165, 1.54) is 19.1 Å². The summed E-state index contributed by atoms with van der Waals surface area (Å²) in [7, 11) is -3.79. The van der Waals surface area contributed by atoms with Crippen molar-refractivity contribution in [3.8, 4) is 0 Å². The van der Waals surface area contributed by atoms with Crippen molar-refractivity contribution in [3.05, 3.63) is 83.4 Å². The Morgan fingerprint density at radius 1 is 0.806 bits per heavy atom. The number of carbonyl (C=O) groups excluding carboxylic acids is 2. The molecule has 0 aromatic heterocycles. The molecule has 0 saturated carbocycles. The Morgan fingerprint density at radius 2 is 1.42 bits per heavy atom. The van der Waals surface area contributed by atoms with Crippen LogP contribution in [0.25, 0.3) is 0 Å². The Balaban J connectivity index is 1.82. The van der Waals surface area contributed by atoms with Gasteiger partial charge in [0, 0.05) is 23.9 Å². The van der Waals surface area contributed by atoms with Crippen molar-refractivity contribution in [1.82, 2.24) is 0 Å². The largest absolute Gasteiger partial charge is 0.326 e. The summed E-state index contributed by atoms with van der Waals surface area (Å²) in [5.74, 6) is -0.609. The number of nitrogens with one attached hydrogen (secondary N) is 3. The van der Waals surface area contributed by atoms with Crippen LogP contribution in [0.5, 0.6) is 0 Å². The van der Waals surface area contributed by atoms with Gasteiger partial charge < -0.3 is 10.6 Å². The fourth-order valence-electron chi connectivity index (χ4n) is 2.99. The molecule has 8 heteroatoms. The highest BCUT2D eigenvalue weighted by Gasteiger charge is 2.18. The lowest BCUT2D eigenvalue weighted by Gasteiger charge is -2.14. The van der Waals surface area contributed by atoms with Gasteiger partial charge in [-0.25, -0.2) is 8.42 Å². The molecule has 0 unspecified atom stereocenters. The molecule has 0 saturated heterocycles. The van der Waals surface area contributed by atoms with Crippen LogP contribution < -0.4 is 15.4 Å². The molecule has 7 nitrogen and oxygen atoms in total. The lowest BCUT2D eigenvalue weighted by Crippen LogP contribution is -2.17. The zero-order valence-electron chi connectivity index (χ0n) is 17.4. The summed E-state index contributed by atoms with van der Waals surface area (Å²) in [5.41, 5.74) is 3.15. The first-order chi connectivity index (χ1) is 14.7. The van der Waals surface area contributed by atoms with Crippen LogP contribution in [0, 0.1) is 13.8 Å². The molecule has 160 valence electrons. The van der Waals surface area contributed by atoms with Gasteiger partial charge in [-0.3, -0.25) is 14.3 Å². The van der Waals surface area contributed by atoms with E-state index in [0.717, 1.165) is 5.56 Å². The van der Waals surface area contributed by atoms with E-state index in [1.54, 1.807) is 61.5 Å². The number of anilines is 3. The quantitative estimate of drug-likeness (QED) is 0.534. The molecule has 0 aliphatic rings. The standard InChI is InChI=1S/C23H23N3O4S/c1-15-10-12-20(13-11-15)31(29,30)26-22-9-5-8-21(16(22)2)23(28)25-19-7-4-6-18(14-19)24-17(3)27/h4-14,26H,1-3H3,(H,24,27)(H,25,28). The first-order valence-electron chi connectivity index (χ1n) is 9.54. The Hall–Kier alpha value is -3.65. The van der Waals surface area contributed by atoms with Gasteiger partial charge in [-0.2, -0.15) is 0 Å². The number of benzene rings is 3. The molecule has 3 rings (SSSR count). The Kier molecular flexibility index (Phi) is 6.41. The van der Waals surface area contributed by atoms with Crippen molar-refractivity contribution in [2.75, 3.05) is 15.4 Å². The van der Waals surface area contributed by atoms with Gasteiger partial charge in [-0.1, -0.05) is 29.8 Å². The molecule has 0 fully saturated rings. The maximum atomic E-state index is 12.8. The monoisotopic (exact) mass is 437 g/mol. The van der Waals surface area contributed by atoms with Crippen molar-refractivity contribution in [2.24, 2.45) is 0 Å². The summed E-state index contributed by atoms with van der Waals surface area (Å²) in [6, 6.07) is 18.1. The van der Waals surface area contributed by atoms with Gasteiger partial charge in [0.25, 0.3) is 15.9 Å². The molecule has 0 radical (unpaired) electrons. The second kappa shape index (κ2) is 9.01. The molecule has 0 bridgehead atoms. The zero-order valence-corrected chi connectivity index (χ0v) is 18.2. The molecule has 31 heavy (non-hydrogen) atoms. The molecular weight excluding hydrogens is 414 g/mol. The van der Waals surface area contributed by atoms with Crippen LogP contribution in [-0.2, 0) is 14.8 Å². The van der Waals surface area contributed by atoms with E-state index in [2.05, 4.69) is 15.4 Å². The smallest absolute Gasteiger partial charge is 0.261 e. The number of aryl methyl sites for hydroxylation is 1. The predicted molar refractivity (Wildman–Crippen MR) is 122 cm³/mol. The highest BCUT2D eigenvalue weighted by atomic mass is 32.2. The summed E-state index contributed by atoms with van der Waals surface area (Å²) < 4.78 is 28.0. The highest BCUT2D eigenvalue weighted by molar-refractivity contribution is 7.92. The van der Waals surface area contributed by atoms with Crippen molar-refractivity contribution in [2.45, 2.75) is 25.7 Å². The first-order valence-corrected chi connectivity index (χ1v) is 11.0. The first kappa shape index (κ1) is 22.0. The van der Waals surface area contributed by atoms with E-state index in [9.17, 15) is 18.0 Å². The molecule has 3 aromatic carbocycles. The zero-order chi connectivity index (χ0) is 22.6. The van der Waals surface area contributed by atoms with Crippen LogP contribution in [0.4, 0.5) is 17.1 Å². The van der Waals surface area contributed by atoms with Crippen LogP contribution in [0.3, 0.4) is 0 Å². The SMILES string of the molecule is CC(=O)Nc1cccc(NC(=O)c2cccc(NS(=O)(=O)c3ccc(C)cc3)c2C)c1. The normalized spacial score (nSPS) is 10.9. The lowest BCUT2D eigenvalue weighted by atomic mass is 10.1.